The topological polar surface area (TPSA) is 55.7 Å². The van der Waals surface area contributed by atoms with Crippen LogP contribution in [-0.2, 0) is 4.79 Å². The van der Waals surface area contributed by atoms with Gasteiger partial charge < -0.3 is 9.64 Å². The molecule has 0 radical (unpaired) electrons. The monoisotopic (exact) mass is 346 g/mol. The summed E-state index contributed by atoms with van der Waals surface area (Å²) in [5.74, 6) is 0.880. The molecule has 0 spiro atoms. The standard InChI is InChI=1S/C18H23N3O2S/c1-23-15-8-6-14(7-9-15)16-13-24-18(19-16)20-17(22)12-21-10-4-2-3-5-11-21/h6-9,13H,2-5,10-12H2,1H3,(H,19,20,22)/p+1. The third kappa shape index (κ3) is 4.55. The number of methoxy groups -OCH3 is 1. The number of likely N-dealkylation sites (tertiary alicyclic amines) is 1. The molecular formula is C18H24N3O2S+. The first-order valence-corrected chi connectivity index (χ1v) is 9.36. The van der Waals surface area contributed by atoms with Crippen molar-refractivity contribution in [1.82, 2.24) is 4.98 Å². The number of carbonyl (C=O) groups is 1. The van der Waals surface area contributed by atoms with Gasteiger partial charge in [-0.3, -0.25) is 10.1 Å². The van der Waals surface area contributed by atoms with Crippen molar-refractivity contribution in [2.24, 2.45) is 0 Å². The van der Waals surface area contributed by atoms with Crippen molar-refractivity contribution in [2.45, 2.75) is 25.7 Å². The molecule has 2 aromatic rings. The van der Waals surface area contributed by atoms with Crippen LogP contribution in [0.5, 0.6) is 5.75 Å². The first-order valence-electron chi connectivity index (χ1n) is 8.48. The summed E-state index contributed by atoms with van der Waals surface area (Å²) < 4.78 is 5.17. The van der Waals surface area contributed by atoms with Crippen LogP contribution in [-0.4, -0.2) is 37.6 Å². The molecule has 1 aliphatic rings. The molecule has 24 heavy (non-hydrogen) atoms. The van der Waals surface area contributed by atoms with Crippen LogP contribution in [0.3, 0.4) is 0 Å². The summed E-state index contributed by atoms with van der Waals surface area (Å²) in [4.78, 5) is 18.2. The van der Waals surface area contributed by atoms with E-state index in [1.54, 1.807) is 7.11 Å². The van der Waals surface area contributed by atoms with Crippen molar-refractivity contribution in [2.75, 3.05) is 32.1 Å². The van der Waals surface area contributed by atoms with Crippen LogP contribution < -0.4 is 15.0 Å². The van der Waals surface area contributed by atoms with Gasteiger partial charge in [0.1, 0.15) is 5.75 Å². The third-order valence-corrected chi connectivity index (χ3v) is 5.12. The van der Waals surface area contributed by atoms with Gasteiger partial charge in [0.15, 0.2) is 11.7 Å². The number of hydrogen-bond acceptors (Lipinski definition) is 4. The highest BCUT2D eigenvalue weighted by atomic mass is 32.1. The molecule has 0 unspecified atom stereocenters. The molecule has 2 heterocycles. The SMILES string of the molecule is COc1ccc(-c2csc(NC(=O)C[NH+]3CCCCCC3)n2)cc1. The van der Waals surface area contributed by atoms with Gasteiger partial charge >= 0.3 is 0 Å². The number of benzene rings is 1. The number of aromatic nitrogens is 1. The number of thiazole rings is 1. The average molecular weight is 346 g/mol. The van der Waals surface area contributed by atoms with E-state index in [1.165, 1.54) is 41.9 Å². The van der Waals surface area contributed by atoms with Crippen molar-refractivity contribution in [3.05, 3.63) is 29.6 Å². The van der Waals surface area contributed by atoms with Crippen LogP contribution >= 0.6 is 11.3 Å². The van der Waals surface area contributed by atoms with Gasteiger partial charge in [0.05, 0.1) is 25.9 Å². The average Bonchev–Trinajstić information content (AvgIpc) is 2.90. The number of ether oxygens (including phenoxy) is 1. The van der Waals surface area contributed by atoms with E-state index in [4.69, 9.17) is 4.74 Å². The second-order valence-corrected chi connectivity index (χ2v) is 7.01. The van der Waals surface area contributed by atoms with Gasteiger partial charge in [0.2, 0.25) is 0 Å². The molecule has 0 aliphatic carbocycles. The Labute approximate surface area is 146 Å². The molecule has 5 nitrogen and oxygen atoms in total. The lowest BCUT2D eigenvalue weighted by Crippen LogP contribution is -3.12. The van der Waals surface area contributed by atoms with Gasteiger partial charge in [-0.2, -0.15) is 0 Å². The van der Waals surface area contributed by atoms with Gasteiger partial charge in [0.25, 0.3) is 5.91 Å². The molecule has 128 valence electrons. The number of nitrogens with one attached hydrogen (secondary N) is 2. The predicted molar refractivity (Wildman–Crippen MR) is 96.8 cm³/mol. The maximum Gasteiger partial charge on any atom is 0.281 e. The Morgan fingerprint density at radius 1 is 1.21 bits per heavy atom. The number of quaternary nitrogens is 1. The predicted octanol–water partition coefficient (Wildman–Crippen LogP) is 2.22. The van der Waals surface area contributed by atoms with E-state index in [1.807, 2.05) is 29.6 Å². The van der Waals surface area contributed by atoms with Crippen LogP contribution in [0.25, 0.3) is 11.3 Å². The zero-order valence-corrected chi connectivity index (χ0v) is 14.8. The van der Waals surface area contributed by atoms with Crippen LogP contribution in [0.2, 0.25) is 0 Å². The fourth-order valence-electron chi connectivity index (χ4n) is 3.02. The Morgan fingerprint density at radius 3 is 2.58 bits per heavy atom. The van der Waals surface area contributed by atoms with E-state index in [0.717, 1.165) is 30.1 Å². The third-order valence-electron chi connectivity index (χ3n) is 4.36. The minimum atomic E-state index is 0.0579. The summed E-state index contributed by atoms with van der Waals surface area (Å²) in [6.07, 6.45) is 5.04. The molecular weight excluding hydrogens is 322 g/mol. The van der Waals surface area contributed by atoms with Crippen LogP contribution in [0.15, 0.2) is 29.6 Å². The normalized spacial score (nSPS) is 15.7. The minimum Gasteiger partial charge on any atom is -0.497 e. The van der Waals surface area contributed by atoms with E-state index in [9.17, 15) is 4.79 Å². The van der Waals surface area contributed by atoms with Crippen LogP contribution in [0.1, 0.15) is 25.7 Å². The molecule has 2 N–H and O–H groups in total. The van der Waals surface area contributed by atoms with Gasteiger partial charge in [0, 0.05) is 10.9 Å². The highest BCUT2D eigenvalue weighted by molar-refractivity contribution is 7.14. The second kappa shape index (κ2) is 8.26. The van der Waals surface area contributed by atoms with E-state index in [-0.39, 0.29) is 5.91 Å². The lowest BCUT2D eigenvalue weighted by atomic mass is 10.2. The second-order valence-electron chi connectivity index (χ2n) is 6.16. The Balaban J connectivity index is 1.57. The Hall–Kier alpha value is -1.92. The van der Waals surface area contributed by atoms with Gasteiger partial charge in [-0.15, -0.1) is 11.3 Å². The van der Waals surface area contributed by atoms with Crippen LogP contribution in [0.4, 0.5) is 5.13 Å². The first-order chi connectivity index (χ1) is 11.7. The van der Waals surface area contributed by atoms with Gasteiger partial charge in [-0.05, 0) is 49.9 Å². The Kier molecular flexibility index (Phi) is 5.82. The van der Waals surface area contributed by atoms with Gasteiger partial charge in [-0.25, -0.2) is 4.98 Å². The minimum absolute atomic E-state index is 0.0579. The van der Waals surface area contributed by atoms with E-state index in [0.29, 0.717) is 11.7 Å². The fraction of sp³-hybridized carbons (Fsp3) is 0.444. The Bertz CT molecular complexity index is 661. The van der Waals surface area contributed by atoms with Crippen molar-refractivity contribution in [1.29, 1.82) is 0 Å². The van der Waals surface area contributed by atoms with E-state index in [2.05, 4.69) is 10.3 Å². The fourth-order valence-corrected chi connectivity index (χ4v) is 3.76. The van der Waals surface area contributed by atoms with Crippen molar-refractivity contribution in [3.8, 4) is 17.0 Å². The quantitative estimate of drug-likeness (QED) is 0.873. The number of rotatable bonds is 5. The molecule has 0 bridgehead atoms. The Morgan fingerprint density at radius 2 is 1.92 bits per heavy atom. The molecule has 1 fully saturated rings. The lowest BCUT2D eigenvalue weighted by Gasteiger charge is -2.15. The molecule has 1 amide bonds. The van der Waals surface area contributed by atoms with E-state index >= 15 is 0 Å². The van der Waals surface area contributed by atoms with Crippen LogP contribution in [0, 0.1) is 0 Å². The molecule has 1 saturated heterocycles. The zero-order chi connectivity index (χ0) is 16.8. The molecule has 1 aromatic carbocycles. The van der Waals surface area contributed by atoms with Crippen molar-refractivity contribution >= 4 is 22.4 Å². The lowest BCUT2D eigenvalue weighted by molar-refractivity contribution is -0.890. The number of amides is 1. The molecule has 0 atom stereocenters. The largest absolute Gasteiger partial charge is 0.497 e. The smallest absolute Gasteiger partial charge is 0.281 e. The first kappa shape index (κ1) is 16.9. The summed E-state index contributed by atoms with van der Waals surface area (Å²) in [7, 11) is 1.65. The molecule has 0 saturated carbocycles. The number of hydrogen-bond donors (Lipinski definition) is 2. The summed E-state index contributed by atoms with van der Waals surface area (Å²) in [6.45, 7) is 2.74. The summed E-state index contributed by atoms with van der Waals surface area (Å²) in [5, 5.41) is 5.58. The van der Waals surface area contributed by atoms with Crippen molar-refractivity contribution in [3.63, 3.8) is 0 Å². The number of anilines is 1. The molecule has 1 aromatic heterocycles. The molecule has 6 heteroatoms. The van der Waals surface area contributed by atoms with Crippen molar-refractivity contribution < 1.29 is 14.4 Å². The summed E-state index contributed by atoms with van der Waals surface area (Å²) in [6, 6.07) is 7.77. The summed E-state index contributed by atoms with van der Waals surface area (Å²) >= 11 is 1.47. The summed E-state index contributed by atoms with van der Waals surface area (Å²) in [5.41, 5.74) is 1.89. The number of nitrogens with zero attached hydrogens (tertiary/aromatic N) is 1. The zero-order valence-electron chi connectivity index (χ0n) is 14.0. The maximum absolute atomic E-state index is 12.2. The highest BCUT2D eigenvalue weighted by Gasteiger charge is 2.17. The number of carbonyl (C=O) groups excluding carboxylic acids is 1. The molecule has 3 rings (SSSR count). The molecule has 1 aliphatic heterocycles. The highest BCUT2D eigenvalue weighted by Crippen LogP contribution is 2.26. The maximum atomic E-state index is 12.2. The van der Waals surface area contributed by atoms with Gasteiger partial charge in [-0.1, -0.05) is 0 Å². The van der Waals surface area contributed by atoms with E-state index < -0.39 is 0 Å².